The molecule has 0 aliphatic carbocycles. The highest BCUT2D eigenvalue weighted by atomic mass is 35.5. The van der Waals surface area contributed by atoms with Gasteiger partial charge in [-0.25, -0.2) is 8.42 Å². The van der Waals surface area contributed by atoms with Gasteiger partial charge in [0.15, 0.2) is 0 Å². The topological polar surface area (TPSA) is 86.8 Å². The molecule has 0 aromatic heterocycles. The van der Waals surface area contributed by atoms with Gasteiger partial charge in [-0.05, 0) is 78.8 Å². The second-order valence-corrected chi connectivity index (χ2v) is 14.7. The molecule has 0 heterocycles. The van der Waals surface area contributed by atoms with Crippen LogP contribution in [-0.4, -0.2) is 50.5 Å². The minimum absolute atomic E-state index is 0.0518. The molecule has 0 unspecified atom stereocenters. The number of carbonyl (C=O) groups is 2. The number of sulfonamides is 1. The van der Waals surface area contributed by atoms with Gasteiger partial charge in [0.05, 0.1) is 10.6 Å². The van der Waals surface area contributed by atoms with Gasteiger partial charge in [0, 0.05) is 29.4 Å². The molecule has 0 aliphatic heterocycles. The third-order valence-corrected chi connectivity index (χ3v) is 10.2. The Hall–Kier alpha value is -3.79. The number of rotatable bonds is 14. The third kappa shape index (κ3) is 9.37. The van der Waals surface area contributed by atoms with Gasteiger partial charge < -0.3 is 10.2 Å². The van der Waals surface area contributed by atoms with Crippen LogP contribution in [0.15, 0.2) is 113 Å². The van der Waals surface area contributed by atoms with E-state index in [0.717, 1.165) is 20.3 Å². The molecular formula is C36H40ClN3O4S2. The number of amides is 2. The Kier molecular flexibility index (Phi) is 12.3. The van der Waals surface area contributed by atoms with E-state index in [1.807, 2.05) is 63.4 Å². The molecule has 0 fully saturated rings. The number of nitrogens with one attached hydrogen (secondary N) is 1. The number of benzene rings is 4. The van der Waals surface area contributed by atoms with Crippen molar-refractivity contribution in [1.82, 2.24) is 10.2 Å². The van der Waals surface area contributed by atoms with Crippen molar-refractivity contribution in [2.45, 2.75) is 49.6 Å². The molecule has 4 rings (SSSR count). The summed E-state index contributed by atoms with van der Waals surface area (Å²) < 4.78 is 29.5. The molecule has 0 aliphatic rings. The summed E-state index contributed by atoms with van der Waals surface area (Å²) >= 11 is 7.83. The molecule has 4 aromatic rings. The summed E-state index contributed by atoms with van der Waals surface area (Å²) in [6, 6.07) is 29.2. The number of hydrogen-bond donors (Lipinski definition) is 1. The summed E-state index contributed by atoms with van der Waals surface area (Å²) in [6.07, 6.45) is 2.16. The minimum Gasteiger partial charge on any atom is -0.354 e. The maximum Gasteiger partial charge on any atom is 0.264 e. The Bertz CT molecular complexity index is 1710. The Morgan fingerprint density at radius 1 is 0.870 bits per heavy atom. The average Bonchev–Trinajstić information content (AvgIpc) is 3.05. The van der Waals surface area contributed by atoms with E-state index < -0.39 is 28.5 Å². The Labute approximate surface area is 282 Å². The first-order valence-electron chi connectivity index (χ1n) is 15.1. The van der Waals surface area contributed by atoms with Crippen LogP contribution < -0.4 is 9.62 Å². The molecular weight excluding hydrogens is 638 g/mol. The van der Waals surface area contributed by atoms with Gasteiger partial charge in [-0.2, -0.15) is 0 Å². The van der Waals surface area contributed by atoms with Crippen LogP contribution in [0.2, 0.25) is 5.02 Å². The van der Waals surface area contributed by atoms with Crippen LogP contribution >= 0.6 is 23.4 Å². The number of nitrogens with zero attached hydrogens (tertiary/aromatic N) is 2. The van der Waals surface area contributed by atoms with Gasteiger partial charge in [-0.3, -0.25) is 13.9 Å². The quantitative estimate of drug-likeness (QED) is 0.146. The predicted molar refractivity (Wildman–Crippen MR) is 188 cm³/mol. The van der Waals surface area contributed by atoms with Crippen molar-refractivity contribution in [2.24, 2.45) is 5.92 Å². The highest BCUT2D eigenvalue weighted by Crippen LogP contribution is 2.27. The molecule has 0 saturated heterocycles. The molecule has 7 nitrogen and oxygen atoms in total. The van der Waals surface area contributed by atoms with Crippen molar-refractivity contribution in [3.63, 3.8) is 0 Å². The lowest BCUT2D eigenvalue weighted by Crippen LogP contribution is -2.53. The maximum atomic E-state index is 14.5. The SMILES string of the molecule is CSc1ccc(S(=O)(=O)N(CC(=O)N(Cc2cccc(Cl)c2)[C@@H](Cc2ccccc2)C(=O)NCC(C)C)c2ccc(C)cc2)cc1. The van der Waals surface area contributed by atoms with Gasteiger partial charge in [-0.15, -0.1) is 11.8 Å². The van der Waals surface area contributed by atoms with E-state index in [1.165, 1.54) is 16.7 Å². The van der Waals surface area contributed by atoms with E-state index >= 15 is 0 Å². The van der Waals surface area contributed by atoms with Crippen LogP contribution in [0.3, 0.4) is 0 Å². The summed E-state index contributed by atoms with van der Waals surface area (Å²) in [5.41, 5.74) is 2.88. The standard InChI is InChI=1S/C36H40ClN3O4S2/c1-26(2)23-38-36(42)34(22-28-9-6-5-7-10-28)39(24-29-11-8-12-30(37)21-29)35(41)25-40(31-15-13-27(3)14-16-31)46(43,44)33-19-17-32(45-4)18-20-33/h5-21,26,34H,22-25H2,1-4H3,(H,38,42)/t34-/m0/s1. The van der Waals surface area contributed by atoms with Gasteiger partial charge in [-0.1, -0.05) is 85.6 Å². The first kappa shape index (κ1) is 35.1. The highest BCUT2D eigenvalue weighted by molar-refractivity contribution is 7.98. The van der Waals surface area contributed by atoms with Crippen LogP contribution in [0.4, 0.5) is 5.69 Å². The van der Waals surface area contributed by atoms with Crippen molar-refractivity contribution >= 4 is 50.9 Å². The molecule has 2 amide bonds. The zero-order chi connectivity index (χ0) is 33.3. The molecule has 0 radical (unpaired) electrons. The highest BCUT2D eigenvalue weighted by Gasteiger charge is 2.34. The van der Waals surface area contributed by atoms with E-state index in [9.17, 15) is 18.0 Å². The van der Waals surface area contributed by atoms with Crippen molar-refractivity contribution in [2.75, 3.05) is 23.7 Å². The summed E-state index contributed by atoms with van der Waals surface area (Å²) in [5.74, 6) is -0.645. The van der Waals surface area contributed by atoms with Crippen molar-refractivity contribution in [3.8, 4) is 0 Å². The first-order valence-corrected chi connectivity index (χ1v) is 18.1. The number of aryl methyl sites for hydroxylation is 1. The number of halogens is 1. The summed E-state index contributed by atoms with van der Waals surface area (Å²) in [6.45, 7) is 5.87. The summed E-state index contributed by atoms with van der Waals surface area (Å²) in [7, 11) is -4.17. The summed E-state index contributed by atoms with van der Waals surface area (Å²) in [4.78, 5) is 30.9. The smallest absolute Gasteiger partial charge is 0.264 e. The molecule has 0 saturated carbocycles. The van der Waals surface area contributed by atoms with Gasteiger partial charge in [0.25, 0.3) is 10.0 Å². The molecule has 1 atom stereocenters. The molecule has 0 spiro atoms. The second-order valence-electron chi connectivity index (χ2n) is 11.5. The fourth-order valence-electron chi connectivity index (χ4n) is 4.92. The third-order valence-electron chi connectivity index (χ3n) is 7.45. The van der Waals surface area contributed by atoms with E-state index in [4.69, 9.17) is 11.6 Å². The second kappa shape index (κ2) is 16.2. The monoisotopic (exact) mass is 677 g/mol. The predicted octanol–water partition coefficient (Wildman–Crippen LogP) is 6.98. The Morgan fingerprint density at radius 3 is 2.13 bits per heavy atom. The Balaban J connectivity index is 1.79. The lowest BCUT2D eigenvalue weighted by molar-refractivity contribution is -0.140. The lowest BCUT2D eigenvalue weighted by atomic mass is 10.0. The fourth-order valence-corrected chi connectivity index (χ4v) is 6.96. The number of anilines is 1. The molecule has 10 heteroatoms. The molecule has 4 aromatic carbocycles. The van der Waals surface area contributed by atoms with Crippen LogP contribution in [0.25, 0.3) is 0 Å². The largest absolute Gasteiger partial charge is 0.354 e. The molecule has 242 valence electrons. The fraction of sp³-hybridized carbons (Fsp3) is 0.278. The van der Waals surface area contributed by atoms with E-state index in [2.05, 4.69) is 5.32 Å². The lowest BCUT2D eigenvalue weighted by Gasteiger charge is -2.34. The van der Waals surface area contributed by atoms with E-state index in [-0.39, 0.29) is 29.7 Å². The van der Waals surface area contributed by atoms with Crippen LogP contribution in [-0.2, 0) is 32.6 Å². The minimum atomic E-state index is -4.17. The van der Waals surface area contributed by atoms with Crippen molar-refractivity contribution < 1.29 is 18.0 Å². The Morgan fingerprint density at radius 2 is 1.52 bits per heavy atom. The number of hydrogen-bond acceptors (Lipinski definition) is 5. The molecule has 0 bridgehead atoms. The maximum absolute atomic E-state index is 14.5. The zero-order valence-corrected chi connectivity index (χ0v) is 28.9. The van der Waals surface area contributed by atoms with E-state index in [0.29, 0.717) is 22.8 Å². The summed E-state index contributed by atoms with van der Waals surface area (Å²) in [5, 5.41) is 3.49. The number of thioether (sulfide) groups is 1. The average molecular weight is 678 g/mol. The van der Waals surface area contributed by atoms with Crippen LogP contribution in [0.5, 0.6) is 0 Å². The number of carbonyl (C=O) groups excluding carboxylic acids is 2. The first-order chi connectivity index (χ1) is 22.0. The molecule has 1 N–H and O–H groups in total. The van der Waals surface area contributed by atoms with Crippen LogP contribution in [0.1, 0.15) is 30.5 Å². The molecule has 46 heavy (non-hydrogen) atoms. The van der Waals surface area contributed by atoms with Gasteiger partial charge in [0.1, 0.15) is 12.6 Å². The van der Waals surface area contributed by atoms with Crippen molar-refractivity contribution in [1.29, 1.82) is 0 Å². The van der Waals surface area contributed by atoms with E-state index in [1.54, 1.807) is 66.7 Å². The van der Waals surface area contributed by atoms with Crippen molar-refractivity contribution in [3.05, 3.63) is 125 Å². The van der Waals surface area contributed by atoms with Gasteiger partial charge >= 0.3 is 0 Å². The van der Waals surface area contributed by atoms with Crippen LogP contribution in [0, 0.1) is 12.8 Å². The zero-order valence-electron chi connectivity index (χ0n) is 26.5. The normalized spacial score (nSPS) is 12.0. The van der Waals surface area contributed by atoms with Gasteiger partial charge in [0.2, 0.25) is 11.8 Å².